The highest BCUT2D eigenvalue weighted by molar-refractivity contribution is 6.34. The van der Waals surface area contributed by atoms with E-state index in [4.69, 9.17) is 4.42 Å². The second-order valence-electron chi connectivity index (χ2n) is 17.1. The molecule has 2 aliphatic rings. The summed E-state index contributed by atoms with van der Waals surface area (Å²) in [5.41, 5.74) is 17.6. The summed E-state index contributed by atoms with van der Waals surface area (Å²) in [6.45, 7) is 0. The van der Waals surface area contributed by atoms with Crippen LogP contribution in [-0.2, 0) is 5.41 Å². The van der Waals surface area contributed by atoms with Crippen molar-refractivity contribution in [3.8, 4) is 33.4 Å². The maximum atomic E-state index is 6.45. The van der Waals surface area contributed by atoms with Gasteiger partial charge in [0, 0.05) is 33.1 Å². The van der Waals surface area contributed by atoms with E-state index < -0.39 is 5.41 Å². The van der Waals surface area contributed by atoms with Crippen LogP contribution < -0.4 is 4.90 Å². The summed E-state index contributed by atoms with van der Waals surface area (Å²) in [6.07, 6.45) is 0. The summed E-state index contributed by atoms with van der Waals surface area (Å²) in [5, 5.41) is 9.73. The first-order valence-electron chi connectivity index (χ1n) is 21.8. The summed E-state index contributed by atoms with van der Waals surface area (Å²) in [6, 6.07) is 82.8. The quantitative estimate of drug-likeness (QED) is 0.165. The third-order valence-corrected chi connectivity index (χ3v) is 14.0. The van der Waals surface area contributed by atoms with Crippen LogP contribution in [0.15, 0.2) is 229 Å². The number of benzene rings is 11. The largest absolute Gasteiger partial charge is 0.456 e. The molecule has 0 atom stereocenters. The van der Waals surface area contributed by atoms with Crippen molar-refractivity contribution >= 4 is 71.3 Å². The van der Waals surface area contributed by atoms with Crippen molar-refractivity contribution in [2.75, 3.05) is 4.90 Å². The molecule has 12 aromatic rings. The lowest BCUT2D eigenvalue weighted by atomic mass is 9.70. The standard InChI is InChI=1S/C61H37NO/c1-2-16-39(17-3-1)62(40-31-33-47-46-22-8-13-27-54(46)61(55(47)37-40)52-25-11-6-20-44(52)45-21-7-12-26-53(45)61)56-28-14-9-18-41(56)38-30-32-43-42-19-4-5-23-48(42)59-49(51(43)36-38)34-35-58-60(59)50-24-10-15-29-57(50)63-58/h1-37H. The van der Waals surface area contributed by atoms with E-state index in [1.165, 1.54) is 82.2 Å². The average molecular weight is 800 g/mol. The number of anilines is 3. The fourth-order valence-corrected chi connectivity index (χ4v) is 11.6. The van der Waals surface area contributed by atoms with Gasteiger partial charge in [0.1, 0.15) is 11.2 Å². The molecule has 0 unspecified atom stereocenters. The maximum absolute atomic E-state index is 6.45. The van der Waals surface area contributed by atoms with Gasteiger partial charge >= 0.3 is 0 Å². The highest BCUT2D eigenvalue weighted by Gasteiger charge is 2.51. The Hall–Kier alpha value is -8.20. The zero-order valence-corrected chi connectivity index (χ0v) is 34.2. The summed E-state index contributed by atoms with van der Waals surface area (Å²) in [7, 11) is 0. The number of nitrogens with zero attached hydrogens (tertiary/aromatic N) is 1. The zero-order chi connectivity index (χ0) is 41.2. The molecule has 1 aromatic heterocycles. The molecule has 63 heavy (non-hydrogen) atoms. The Kier molecular flexibility index (Phi) is 7.07. The van der Waals surface area contributed by atoms with Crippen LogP contribution in [0.2, 0.25) is 0 Å². The van der Waals surface area contributed by atoms with Crippen LogP contribution in [-0.4, -0.2) is 0 Å². The predicted octanol–water partition coefficient (Wildman–Crippen LogP) is 16.5. The molecule has 0 bridgehead atoms. The summed E-state index contributed by atoms with van der Waals surface area (Å²) >= 11 is 0. The van der Waals surface area contributed by atoms with Crippen LogP contribution >= 0.6 is 0 Å². The first-order valence-corrected chi connectivity index (χ1v) is 21.8. The van der Waals surface area contributed by atoms with Gasteiger partial charge in [0.25, 0.3) is 0 Å². The minimum absolute atomic E-state index is 0.440. The monoisotopic (exact) mass is 799 g/mol. The van der Waals surface area contributed by atoms with Gasteiger partial charge in [0.05, 0.1) is 11.1 Å². The topological polar surface area (TPSA) is 16.4 Å². The lowest BCUT2D eigenvalue weighted by Crippen LogP contribution is -2.26. The van der Waals surface area contributed by atoms with Gasteiger partial charge in [0.2, 0.25) is 0 Å². The first-order chi connectivity index (χ1) is 31.3. The summed E-state index contributed by atoms with van der Waals surface area (Å²) < 4.78 is 6.45. The lowest BCUT2D eigenvalue weighted by molar-refractivity contribution is 0.669. The van der Waals surface area contributed by atoms with E-state index in [0.717, 1.165) is 44.7 Å². The lowest BCUT2D eigenvalue weighted by Gasteiger charge is -2.32. The Morgan fingerprint density at radius 3 is 1.57 bits per heavy atom. The third kappa shape index (κ3) is 4.62. The van der Waals surface area contributed by atoms with Gasteiger partial charge in [-0.3, -0.25) is 0 Å². The van der Waals surface area contributed by atoms with Gasteiger partial charge in [-0.25, -0.2) is 0 Å². The fraction of sp³-hybridized carbons (Fsp3) is 0.0164. The van der Waals surface area contributed by atoms with Crippen molar-refractivity contribution in [1.82, 2.24) is 0 Å². The number of fused-ring (bicyclic) bond motifs is 20. The van der Waals surface area contributed by atoms with Gasteiger partial charge < -0.3 is 9.32 Å². The van der Waals surface area contributed by atoms with E-state index in [-0.39, 0.29) is 0 Å². The Labute approximate surface area is 364 Å². The van der Waals surface area contributed by atoms with E-state index in [9.17, 15) is 0 Å². The summed E-state index contributed by atoms with van der Waals surface area (Å²) in [4.78, 5) is 2.46. The van der Waals surface area contributed by atoms with Gasteiger partial charge in [-0.15, -0.1) is 0 Å². The number of hydrogen-bond acceptors (Lipinski definition) is 2. The first kappa shape index (κ1) is 34.5. The SMILES string of the molecule is c1ccc(N(c2ccc3c(c2)C2(c4ccccc4-c4ccccc42)c2ccccc2-3)c2ccccc2-c2ccc3c4ccccc4c4c(ccc5oc6ccccc6c54)c3c2)cc1. The van der Waals surface area contributed by atoms with Crippen molar-refractivity contribution in [3.63, 3.8) is 0 Å². The van der Waals surface area contributed by atoms with Gasteiger partial charge in [0.15, 0.2) is 0 Å². The molecule has 0 saturated carbocycles. The second-order valence-corrected chi connectivity index (χ2v) is 17.1. The van der Waals surface area contributed by atoms with Crippen LogP contribution in [0.5, 0.6) is 0 Å². The van der Waals surface area contributed by atoms with Crippen LogP contribution in [0.4, 0.5) is 17.1 Å². The van der Waals surface area contributed by atoms with Crippen molar-refractivity contribution in [1.29, 1.82) is 0 Å². The predicted molar refractivity (Wildman–Crippen MR) is 263 cm³/mol. The molecule has 0 radical (unpaired) electrons. The molecule has 2 aliphatic carbocycles. The van der Waals surface area contributed by atoms with Crippen LogP contribution in [0.1, 0.15) is 22.3 Å². The van der Waals surface area contributed by atoms with Crippen LogP contribution in [0.25, 0.3) is 87.6 Å². The highest BCUT2D eigenvalue weighted by atomic mass is 16.3. The summed E-state index contributed by atoms with van der Waals surface area (Å²) in [5.74, 6) is 0. The van der Waals surface area contributed by atoms with E-state index in [1.54, 1.807) is 0 Å². The molecule has 1 spiro atoms. The van der Waals surface area contributed by atoms with E-state index in [1.807, 2.05) is 0 Å². The molecule has 0 N–H and O–H groups in total. The maximum Gasteiger partial charge on any atom is 0.136 e. The average Bonchev–Trinajstić information content (AvgIpc) is 3.99. The normalized spacial score (nSPS) is 13.2. The molecule has 0 amide bonds. The van der Waals surface area contributed by atoms with Crippen LogP contribution in [0, 0.1) is 0 Å². The molecule has 292 valence electrons. The number of para-hydroxylation sites is 3. The van der Waals surface area contributed by atoms with Gasteiger partial charge in [-0.05, 0) is 132 Å². The molecule has 14 rings (SSSR count). The number of rotatable bonds is 4. The smallest absolute Gasteiger partial charge is 0.136 e. The van der Waals surface area contributed by atoms with E-state index in [0.29, 0.717) is 0 Å². The number of furan rings is 1. The Bertz CT molecular complexity index is 3810. The highest BCUT2D eigenvalue weighted by Crippen LogP contribution is 2.63. The van der Waals surface area contributed by atoms with Gasteiger partial charge in [-0.1, -0.05) is 170 Å². The minimum atomic E-state index is -0.440. The third-order valence-electron chi connectivity index (χ3n) is 14.0. The van der Waals surface area contributed by atoms with Crippen molar-refractivity contribution in [2.45, 2.75) is 5.41 Å². The molecule has 1 heterocycles. The molecule has 2 nitrogen and oxygen atoms in total. The van der Waals surface area contributed by atoms with Crippen LogP contribution in [0.3, 0.4) is 0 Å². The van der Waals surface area contributed by atoms with Gasteiger partial charge in [-0.2, -0.15) is 0 Å². The second kappa shape index (κ2) is 12.9. The van der Waals surface area contributed by atoms with Crippen molar-refractivity contribution < 1.29 is 4.42 Å². The van der Waals surface area contributed by atoms with Crippen molar-refractivity contribution in [2.24, 2.45) is 0 Å². The molecule has 0 fully saturated rings. The Morgan fingerprint density at radius 2 is 0.841 bits per heavy atom. The molecule has 0 saturated heterocycles. The van der Waals surface area contributed by atoms with E-state index >= 15 is 0 Å². The van der Waals surface area contributed by atoms with Crippen molar-refractivity contribution in [3.05, 3.63) is 247 Å². The molecular formula is C61H37NO. The fourth-order valence-electron chi connectivity index (χ4n) is 11.6. The molecule has 0 aliphatic heterocycles. The minimum Gasteiger partial charge on any atom is -0.456 e. The molecule has 11 aromatic carbocycles. The Morgan fingerprint density at radius 1 is 0.302 bits per heavy atom. The van der Waals surface area contributed by atoms with E-state index in [2.05, 4.69) is 229 Å². The molecular weight excluding hydrogens is 763 g/mol. The Balaban J connectivity index is 1.01. The number of hydrogen-bond donors (Lipinski definition) is 0. The zero-order valence-electron chi connectivity index (χ0n) is 34.2. The molecule has 2 heteroatoms.